The highest BCUT2D eigenvalue weighted by molar-refractivity contribution is 6.05. The Labute approximate surface area is 107 Å². The number of aromatic nitrogens is 2. The third-order valence-corrected chi connectivity index (χ3v) is 2.96. The van der Waals surface area contributed by atoms with Gasteiger partial charge >= 0.3 is 11.7 Å². The minimum atomic E-state index is -1.17. The lowest BCUT2D eigenvalue weighted by molar-refractivity contribution is -0.145. The van der Waals surface area contributed by atoms with Crippen molar-refractivity contribution < 1.29 is 14.7 Å². The van der Waals surface area contributed by atoms with Crippen molar-refractivity contribution in [3.05, 3.63) is 28.7 Å². The monoisotopic (exact) mass is 263 g/mol. The Morgan fingerprint density at radius 1 is 1.26 bits per heavy atom. The molecule has 0 saturated carbocycles. The van der Waals surface area contributed by atoms with Gasteiger partial charge in [0.05, 0.1) is 11.0 Å². The number of benzene rings is 1. The summed E-state index contributed by atoms with van der Waals surface area (Å²) in [6, 6.07) is 4.90. The van der Waals surface area contributed by atoms with Crippen LogP contribution in [0.1, 0.15) is 6.92 Å². The summed E-state index contributed by atoms with van der Waals surface area (Å²) in [6.07, 6.45) is 0. The number of nitrogens with one attached hydrogen (secondary N) is 2. The molecule has 0 radical (unpaired) electrons. The average molecular weight is 263 g/mol. The van der Waals surface area contributed by atoms with Crippen LogP contribution in [0.3, 0.4) is 0 Å². The lowest BCUT2D eigenvalue weighted by atomic mass is 10.1. The van der Waals surface area contributed by atoms with Crippen LogP contribution in [0.4, 0.5) is 5.69 Å². The quantitative estimate of drug-likeness (QED) is 0.702. The first-order valence-corrected chi connectivity index (χ1v) is 5.62. The number of rotatable bonds is 3. The first-order chi connectivity index (χ1) is 8.90. The number of aromatic amines is 2. The number of nitrogens with zero attached hydrogens (tertiary/aromatic N) is 1. The van der Waals surface area contributed by atoms with Gasteiger partial charge in [-0.1, -0.05) is 0 Å². The first-order valence-electron chi connectivity index (χ1n) is 5.62. The van der Waals surface area contributed by atoms with E-state index in [1.807, 2.05) is 0 Å². The number of imidazole rings is 1. The van der Waals surface area contributed by atoms with E-state index in [4.69, 9.17) is 5.11 Å². The summed E-state index contributed by atoms with van der Waals surface area (Å²) in [4.78, 5) is 40.2. The van der Waals surface area contributed by atoms with Crippen LogP contribution < -0.4 is 10.6 Å². The smallest absolute Gasteiger partial charge is 0.323 e. The summed E-state index contributed by atoms with van der Waals surface area (Å²) in [5.41, 5.74) is 1.37. The molecular weight excluding hydrogens is 250 g/mol. The zero-order valence-electron chi connectivity index (χ0n) is 10.4. The van der Waals surface area contributed by atoms with Gasteiger partial charge in [-0.2, -0.15) is 0 Å². The minimum Gasteiger partial charge on any atom is -0.481 e. The van der Waals surface area contributed by atoms with Crippen molar-refractivity contribution in [3.63, 3.8) is 0 Å². The Bertz CT molecular complexity index is 700. The minimum absolute atomic E-state index is 0.333. The Morgan fingerprint density at radius 2 is 1.89 bits per heavy atom. The summed E-state index contributed by atoms with van der Waals surface area (Å²) >= 11 is 0. The number of amides is 1. The number of carboxylic acid groups (broad SMARTS) is 1. The molecule has 0 aliphatic carbocycles. The van der Waals surface area contributed by atoms with Crippen molar-refractivity contribution in [1.29, 1.82) is 0 Å². The molecule has 0 fully saturated rings. The van der Waals surface area contributed by atoms with Crippen molar-refractivity contribution in [2.75, 3.05) is 11.9 Å². The topological polar surface area (TPSA) is 106 Å². The van der Waals surface area contributed by atoms with E-state index in [-0.39, 0.29) is 5.69 Å². The van der Waals surface area contributed by atoms with Crippen molar-refractivity contribution in [2.24, 2.45) is 5.92 Å². The van der Waals surface area contributed by atoms with Crippen molar-refractivity contribution in [3.8, 4) is 0 Å². The second-order valence-electron chi connectivity index (χ2n) is 4.27. The third-order valence-electron chi connectivity index (χ3n) is 2.96. The number of carbonyl (C=O) groups excluding carboxylic acids is 1. The molecule has 3 N–H and O–H groups in total. The molecule has 2 rings (SSSR count). The van der Waals surface area contributed by atoms with Gasteiger partial charge in [0.2, 0.25) is 5.91 Å². The fourth-order valence-corrected chi connectivity index (χ4v) is 1.75. The SMILES string of the molecule is CC(C(=O)O)C(=O)N(C)c1ccc2[nH]c(=O)[nH]c2c1. The number of H-pyrrole nitrogens is 2. The largest absolute Gasteiger partial charge is 0.481 e. The van der Waals surface area contributed by atoms with Crippen LogP contribution in [-0.2, 0) is 9.59 Å². The Balaban J connectivity index is 2.35. The maximum atomic E-state index is 11.9. The normalized spacial score (nSPS) is 12.3. The maximum Gasteiger partial charge on any atom is 0.323 e. The van der Waals surface area contributed by atoms with E-state index in [0.29, 0.717) is 16.7 Å². The number of hydrogen-bond acceptors (Lipinski definition) is 3. The van der Waals surface area contributed by atoms with Crippen molar-refractivity contribution in [1.82, 2.24) is 9.97 Å². The zero-order valence-corrected chi connectivity index (χ0v) is 10.4. The fraction of sp³-hybridized carbons (Fsp3) is 0.250. The Morgan fingerprint density at radius 3 is 2.53 bits per heavy atom. The van der Waals surface area contributed by atoms with Gasteiger partial charge in [-0.15, -0.1) is 0 Å². The molecule has 2 aromatic rings. The van der Waals surface area contributed by atoms with E-state index in [1.165, 1.54) is 18.9 Å². The number of carboxylic acids is 1. The van der Waals surface area contributed by atoms with E-state index >= 15 is 0 Å². The summed E-state index contributed by atoms with van der Waals surface area (Å²) in [6.45, 7) is 1.33. The molecule has 1 aromatic heterocycles. The molecule has 0 saturated heterocycles. The highest BCUT2D eigenvalue weighted by Crippen LogP contribution is 2.19. The molecule has 0 spiro atoms. The predicted octanol–water partition coefficient (Wildman–Crippen LogP) is 0.540. The Kier molecular flexibility index (Phi) is 3.12. The van der Waals surface area contributed by atoms with Crippen LogP contribution in [0.5, 0.6) is 0 Å². The molecule has 0 aliphatic rings. The molecule has 1 heterocycles. The van der Waals surface area contributed by atoms with Gasteiger partial charge < -0.3 is 20.0 Å². The molecule has 100 valence electrons. The molecular formula is C12H13N3O4. The molecule has 1 unspecified atom stereocenters. The molecule has 19 heavy (non-hydrogen) atoms. The number of anilines is 1. The van der Waals surface area contributed by atoms with Crippen molar-refractivity contribution >= 4 is 28.6 Å². The fourth-order valence-electron chi connectivity index (χ4n) is 1.75. The summed E-state index contributed by atoms with van der Waals surface area (Å²) in [5.74, 6) is -2.82. The van der Waals surface area contributed by atoms with E-state index in [2.05, 4.69) is 9.97 Å². The van der Waals surface area contributed by atoms with Gasteiger partial charge in [0, 0.05) is 12.7 Å². The van der Waals surface area contributed by atoms with Gasteiger partial charge in [-0.25, -0.2) is 4.79 Å². The highest BCUT2D eigenvalue weighted by Gasteiger charge is 2.24. The number of aliphatic carboxylic acids is 1. The van der Waals surface area contributed by atoms with Crippen LogP contribution in [-0.4, -0.2) is 34.0 Å². The van der Waals surface area contributed by atoms with Gasteiger partial charge in [0.1, 0.15) is 5.92 Å². The maximum absolute atomic E-state index is 11.9. The highest BCUT2D eigenvalue weighted by atomic mass is 16.4. The summed E-state index contributed by atoms with van der Waals surface area (Å²) in [5, 5.41) is 8.82. The second-order valence-corrected chi connectivity index (χ2v) is 4.27. The molecule has 7 nitrogen and oxygen atoms in total. The van der Waals surface area contributed by atoms with E-state index < -0.39 is 17.8 Å². The van der Waals surface area contributed by atoms with Crippen LogP contribution in [0.2, 0.25) is 0 Å². The standard InChI is InChI=1S/C12H13N3O4/c1-6(11(17)18)10(16)15(2)7-3-4-8-9(5-7)14-12(19)13-8/h3-6H,1-2H3,(H,17,18)(H2,13,14,19). The zero-order chi connectivity index (χ0) is 14.2. The van der Waals surface area contributed by atoms with E-state index in [9.17, 15) is 14.4 Å². The Hall–Kier alpha value is -2.57. The second kappa shape index (κ2) is 4.60. The molecule has 0 aliphatic heterocycles. The number of fused-ring (bicyclic) bond motifs is 1. The molecule has 1 atom stereocenters. The van der Waals surface area contributed by atoms with Crippen LogP contribution in [0, 0.1) is 5.92 Å². The van der Waals surface area contributed by atoms with E-state index in [1.54, 1.807) is 18.2 Å². The van der Waals surface area contributed by atoms with Gasteiger partial charge in [-0.3, -0.25) is 9.59 Å². The number of hydrogen-bond donors (Lipinski definition) is 3. The first kappa shape index (κ1) is 12.9. The molecule has 1 aromatic carbocycles. The van der Waals surface area contributed by atoms with Gasteiger partial charge in [0.25, 0.3) is 0 Å². The lowest BCUT2D eigenvalue weighted by Gasteiger charge is -2.19. The summed E-state index contributed by atoms with van der Waals surface area (Å²) < 4.78 is 0. The van der Waals surface area contributed by atoms with Crippen LogP contribution in [0.15, 0.2) is 23.0 Å². The molecule has 7 heteroatoms. The molecule has 0 bridgehead atoms. The van der Waals surface area contributed by atoms with E-state index in [0.717, 1.165) is 0 Å². The summed E-state index contributed by atoms with van der Waals surface area (Å²) in [7, 11) is 1.49. The van der Waals surface area contributed by atoms with Crippen LogP contribution in [0.25, 0.3) is 11.0 Å². The predicted molar refractivity (Wildman–Crippen MR) is 69.1 cm³/mol. The van der Waals surface area contributed by atoms with Crippen molar-refractivity contribution in [2.45, 2.75) is 6.92 Å². The van der Waals surface area contributed by atoms with Gasteiger partial charge in [-0.05, 0) is 25.1 Å². The lowest BCUT2D eigenvalue weighted by Crippen LogP contribution is -2.35. The average Bonchev–Trinajstić information content (AvgIpc) is 2.74. The van der Waals surface area contributed by atoms with Gasteiger partial charge in [0.15, 0.2) is 0 Å². The molecule has 1 amide bonds. The third kappa shape index (κ3) is 2.35. The van der Waals surface area contributed by atoms with Crippen LogP contribution >= 0.6 is 0 Å². The number of carbonyl (C=O) groups is 2.